The quantitative estimate of drug-likeness (QED) is 0.790. The molecule has 5 nitrogen and oxygen atoms in total. The first-order valence-electron chi connectivity index (χ1n) is 6.01. The van der Waals surface area contributed by atoms with Gasteiger partial charge in [0.15, 0.2) is 5.12 Å². The molecule has 1 fully saturated rings. The predicted octanol–water partition coefficient (Wildman–Crippen LogP) is 0.405. The fraction of sp³-hybridized carbons (Fsp3) is 0.333. The third-order valence-electron chi connectivity index (χ3n) is 2.98. The molecule has 1 unspecified atom stereocenters. The second-order valence-electron chi connectivity index (χ2n) is 4.52. The number of hydrogen-bond acceptors (Lipinski definition) is 5. The van der Waals surface area contributed by atoms with Gasteiger partial charge in [0.25, 0.3) is 0 Å². The highest BCUT2D eigenvalue weighted by Gasteiger charge is 2.33. The summed E-state index contributed by atoms with van der Waals surface area (Å²) >= 11 is 7.21. The van der Waals surface area contributed by atoms with Crippen molar-refractivity contribution >= 4 is 52.7 Å². The monoisotopic (exact) mass is 313 g/mol. The van der Waals surface area contributed by atoms with Gasteiger partial charge in [-0.25, -0.2) is 0 Å². The molecule has 1 aromatic carbocycles. The fourth-order valence-corrected chi connectivity index (χ4v) is 3.26. The van der Waals surface area contributed by atoms with E-state index in [4.69, 9.17) is 11.6 Å². The summed E-state index contributed by atoms with van der Waals surface area (Å²) in [7, 11) is -1.62. The highest BCUT2D eigenvalue weighted by Crippen LogP contribution is 2.32. The molecule has 1 aromatic rings. The van der Waals surface area contributed by atoms with Crippen molar-refractivity contribution in [2.75, 3.05) is 11.4 Å². The summed E-state index contributed by atoms with van der Waals surface area (Å²) in [5.41, 5.74) is 0.703. The number of amides is 1. The molecule has 106 valence electrons. The summed E-state index contributed by atoms with van der Waals surface area (Å²) in [5.74, 6) is -0.129. The average molecular weight is 314 g/mol. The third kappa shape index (κ3) is 3.35. The lowest BCUT2D eigenvalue weighted by molar-refractivity contribution is -0.117. The summed E-state index contributed by atoms with van der Waals surface area (Å²) in [5, 5.41) is 18.6. The number of thioether (sulfide) groups is 1. The molecule has 2 N–H and O–H groups in total. The van der Waals surface area contributed by atoms with Crippen LogP contribution < -0.4 is 10.4 Å². The van der Waals surface area contributed by atoms with E-state index in [9.17, 15) is 19.6 Å². The van der Waals surface area contributed by atoms with Gasteiger partial charge in [0.05, 0.1) is 10.7 Å². The zero-order valence-corrected chi connectivity index (χ0v) is 12.3. The van der Waals surface area contributed by atoms with E-state index in [0.717, 1.165) is 11.8 Å². The number of benzene rings is 1. The van der Waals surface area contributed by atoms with Crippen molar-refractivity contribution in [3.8, 4) is 0 Å². The minimum absolute atomic E-state index is 0.0321. The molecule has 0 bridgehead atoms. The van der Waals surface area contributed by atoms with Crippen LogP contribution in [0.3, 0.4) is 0 Å². The van der Waals surface area contributed by atoms with Crippen LogP contribution in [-0.2, 0) is 9.59 Å². The standard InChI is InChI=1S/C12H13BClNO4S/c1-7(16)20-9-5-12(17)15(6-9)11-4-8(13(18)19)2-3-10(11)14/h2-4,9,18-19H,5-6H2,1H3. The Labute approximate surface area is 126 Å². The predicted molar refractivity (Wildman–Crippen MR) is 80.3 cm³/mol. The van der Waals surface area contributed by atoms with Gasteiger partial charge in [-0.2, -0.15) is 0 Å². The molecule has 2 rings (SSSR count). The second kappa shape index (κ2) is 6.18. The Morgan fingerprint density at radius 3 is 2.80 bits per heavy atom. The lowest BCUT2D eigenvalue weighted by Gasteiger charge is -2.19. The van der Waals surface area contributed by atoms with Crippen LogP contribution in [0.5, 0.6) is 0 Å². The van der Waals surface area contributed by atoms with E-state index < -0.39 is 7.12 Å². The Hall–Kier alpha value is -1.02. The van der Waals surface area contributed by atoms with Gasteiger partial charge >= 0.3 is 7.12 Å². The molecular formula is C12H13BClNO4S. The number of nitrogens with zero attached hydrogens (tertiary/aromatic N) is 1. The van der Waals surface area contributed by atoms with E-state index in [1.54, 1.807) is 0 Å². The van der Waals surface area contributed by atoms with Crippen LogP contribution in [0.2, 0.25) is 5.02 Å². The van der Waals surface area contributed by atoms with Crippen molar-refractivity contribution in [3.05, 3.63) is 23.2 Å². The molecule has 1 aliphatic rings. The highest BCUT2D eigenvalue weighted by atomic mass is 35.5. The van der Waals surface area contributed by atoms with E-state index in [-0.39, 0.29) is 28.2 Å². The van der Waals surface area contributed by atoms with Crippen LogP contribution in [0.15, 0.2) is 18.2 Å². The van der Waals surface area contributed by atoms with E-state index >= 15 is 0 Å². The zero-order valence-electron chi connectivity index (χ0n) is 10.7. The molecule has 1 amide bonds. The summed E-state index contributed by atoms with van der Waals surface area (Å²) in [6, 6.07) is 4.48. The summed E-state index contributed by atoms with van der Waals surface area (Å²) in [4.78, 5) is 24.6. The first-order valence-corrected chi connectivity index (χ1v) is 7.27. The van der Waals surface area contributed by atoms with E-state index in [2.05, 4.69) is 0 Å². The first-order chi connectivity index (χ1) is 9.38. The Balaban J connectivity index is 2.25. The molecule has 1 aliphatic heterocycles. The van der Waals surface area contributed by atoms with Crippen molar-refractivity contribution in [2.45, 2.75) is 18.6 Å². The first kappa shape index (κ1) is 15.4. The molecule has 0 saturated carbocycles. The van der Waals surface area contributed by atoms with E-state index in [0.29, 0.717) is 17.3 Å². The van der Waals surface area contributed by atoms with Crippen molar-refractivity contribution in [1.29, 1.82) is 0 Å². The smallest absolute Gasteiger partial charge is 0.423 e. The topological polar surface area (TPSA) is 77.8 Å². The molecule has 0 radical (unpaired) electrons. The largest absolute Gasteiger partial charge is 0.488 e. The molecule has 8 heteroatoms. The van der Waals surface area contributed by atoms with E-state index in [1.807, 2.05) is 0 Å². The molecule has 1 heterocycles. The molecule has 1 atom stereocenters. The minimum atomic E-state index is -1.62. The van der Waals surface area contributed by atoms with Gasteiger partial charge in [-0.05, 0) is 17.6 Å². The molecule has 1 saturated heterocycles. The number of anilines is 1. The molecular weight excluding hydrogens is 300 g/mol. The van der Waals surface area contributed by atoms with Crippen LogP contribution in [-0.4, -0.2) is 40.0 Å². The third-order valence-corrected chi connectivity index (χ3v) is 4.28. The number of rotatable bonds is 3. The molecule has 0 aliphatic carbocycles. The normalized spacial score (nSPS) is 18.5. The maximum Gasteiger partial charge on any atom is 0.488 e. The van der Waals surface area contributed by atoms with Gasteiger partial charge in [0.2, 0.25) is 5.91 Å². The fourth-order valence-electron chi connectivity index (χ4n) is 2.12. The highest BCUT2D eigenvalue weighted by molar-refractivity contribution is 8.14. The maximum absolute atomic E-state index is 12.0. The number of carbonyl (C=O) groups is 2. The van der Waals surface area contributed by atoms with Gasteiger partial charge < -0.3 is 14.9 Å². The number of halogens is 1. The Morgan fingerprint density at radius 1 is 1.50 bits per heavy atom. The van der Waals surface area contributed by atoms with Crippen molar-refractivity contribution in [1.82, 2.24) is 0 Å². The minimum Gasteiger partial charge on any atom is -0.423 e. The van der Waals surface area contributed by atoms with Crippen LogP contribution >= 0.6 is 23.4 Å². The molecule has 0 aromatic heterocycles. The summed E-state index contributed by atoms with van der Waals surface area (Å²) in [6.07, 6.45) is 0.270. The van der Waals surface area contributed by atoms with Gasteiger partial charge in [-0.3, -0.25) is 9.59 Å². The Kier molecular flexibility index (Phi) is 4.75. The molecule has 0 spiro atoms. The van der Waals surface area contributed by atoms with Crippen LogP contribution in [0.1, 0.15) is 13.3 Å². The van der Waals surface area contributed by atoms with Gasteiger partial charge in [0, 0.05) is 25.1 Å². The van der Waals surface area contributed by atoms with Crippen LogP contribution in [0.25, 0.3) is 0 Å². The lowest BCUT2D eigenvalue weighted by atomic mass is 9.80. The summed E-state index contributed by atoms with van der Waals surface area (Å²) in [6.45, 7) is 1.85. The van der Waals surface area contributed by atoms with Crippen molar-refractivity contribution in [3.63, 3.8) is 0 Å². The molecule has 20 heavy (non-hydrogen) atoms. The van der Waals surface area contributed by atoms with Gasteiger partial charge in [-0.1, -0.05) is 29.4 Å². The lowest BCUT2D eigenvalue weighted by Crippen LogP contribution is -2.32. The van der Waals surface area contributed by atoms with Crippen molar-refractivity contribution in [2.24, 2.45) is 0 Å². The van der Waals surface area contributed by atoms with Gasteiger partial charge in [0.1, 0.15) is 0 Å². The maximum atomic E-state index is 12.0. The van der Waals surface area contributed by atoms with Gasteiger partial charge in [-0.15, -0.1) is 0 Å². The van der Waals surface area contributed by atoms with E-state index in [1.165, 1.54) is 30.0 Å². The van der Waals surface area contributed by atoms with Crippen LogP contribution in [0, 0.1) is 0 Å². The summed E-state index contributed by atoms with van der Waals surface area (Å²) < 4.78 is 0. The number of hydrogen-bond donors (Lipinski definition) is 2. The van der Waals surface area contributed by atoms with Crippen LogP contribution in [0.4, 0.5) is 5.69 Å². The average Bonchev–Trinajstić information content (AvgIpc) is 2.69. The number of carbonyl (C=O) groups excluding carboxylic acids is 2. The zero-order chi connectivity index (χ0) is 14.9. The Bertz CT molecular complexity index is 554. The van der Waals surface area contributed by atoms with Crippen molar-refractivity contribution < 1.29 is 19.6 Å². The SMILES string of the molecule is CC(=O)SC1CC(=O)N(c2cc(B(O)O)ccc2Cl)C1. The Morgan fingerprint density at radius 2 is 2.20 bits per heavy atom. The second-order valence-corrected chi connectivity index (χ2v) is 6.41.